The molecule has 0 aliphatic heterocycles. The average molecular weight is 216 g/mol. The lowest BCUT2D eigenvalue weighted by molar-refractivity contribution is 0.0957. The smallest absolute Gasteiger partial charge is 0.275 e. The maximum atomic E-state index is 11.2. The second-order valence-corrected chi connectivity index (χ2v) is 4.58. The van der Waals surface area contributed by atoms with Crippen LogP contribution in [0.1, 0.15) is 22.2 Å². The van der Waals surface area contributed by atoms with Crippen molar-refractivity contribution in [3.05, 3.63) is 21.9 Å². The molecule has 0 radical (unpaired) electrons. The number of rotatable bonds is 4. The van der Waals surface area contributed by atoms with Crippen molar-refractivity contribution in [3.63, 3.8) is 0 Å². The molecule has 0 saturated carbocycles. The van der Waals surface area contributed by atoms with E-state index in [1.807, 2.05) is 11.4 Å². The molecule has 1 heterocycles. The molecule has 1 rings (SSSR count). The van der Waals surface area contributed by atoms with Crippen LogP contribution in [0.3, 0.4) is 0 Å². The number of nitrogen functional groups attached to an aromatic ring is 1. The van der Waals surface area contributed by atoms with Gasteiger partial charge in [-0.3, -0.25) is 10.2 Å². The van der Waals surface area contributed by atoms with Gasteiger partial charge in [-0.2, -0.15) is 11.8 Å². The first-order chi connectivity index (χ1) is 6.29. The maximum Gasteiger partial charge on any atom is 0.275 e. The Labute approximate surface area is 85.7 Å². The van der Waals surface area contributed by atoms with Gasteiger partial charge in [0.15, 0.2) is 0 Å². The molecular weight excluding hydrogens is 204 g/mol. The molecule has 0 fully saturated rings. The van der Waals surface area contributed by atoms with E-state index in [-0.39, 0.29) is 5.91 Å². The Kier molecular flexibility index (Phi) is 4.27. The highest BCUT2D eigenvalue weighted by atomic mass is 32.2. The van der Waals surface area contributed by atoms with E-state index in [4.69, 9.17) is 5.84 Å². The molecule has 1 aromatic heterocycles. The molecule has 13 heavy (non-hydrogen) atoms. The lowest BCUT2D eigenvalue weighted by Crippen LogP contribution is -2.29. The predicted octanol–water partition coefficient (Wildman–Crippen LogP) is 1.60. The van der Waals surface area contributed by atoms with Gasteiger partial charge >= 0.3 is 0 Å². The second-order valence-electron chi connectivity index (χ2n) is 2.39. The molecule has 0 atom stereocenters. The van der Waals surface area contributed by atoms with Crippen molar-refractivity contribution in [2.75, 3.05) is 5.75 Å². The number of nitrogens with two attached hydrogens (primary N) is 1. The number of hydrogen-bond acceptors (Lipinski definition) is 4. The fourth-order valence-corrected chi connectivity index (χ4v) is 2.51. The monoisotopic (exact) mass is 216 g/mol. The summed E-state index contributed by atoms with van der Waals surface area (Å²) in [6.45, 7) is 2.10. The molecule has 1 aromatic rings. The summed E-state index contributed by atoms with van der Waals surface area (Å²) in [5.74, 6) is 6.80. The van der Waals surface area contributed by atoms with Crippen LogP contribution in [0, 0.1) is 0 Å². The van der Waals surface area contributed by atoms with Crippen molar-refractivity contribution in [3.8, 4) is 0 Å². The van der Waals surface area contributed by atoms with Gasteiger partial charge in [0.05, 0.1) is 4.88 Å². The number of thiophene rings is 1. The standard InChI is InChI=1S/C8H12N2OS2/c1-2-12-5-6-3-4-13-7(6)8(11)10-9/h3-4H,2,5,9H2,1H3,(H,10,11). The van der Waals surface area contributed by atoms with Gasteiger partial charge in [0.25, 0.3) is 5.91 Å². The fraction of sp³-hybridized carbons (Fsp3) is 0.375. The van der Waals surface area contributed by atoms with Crippen molar-refractivity contribution in [1.29, 1.82) is 0 Å². The second kappa shape index (κ2) is 5.26. The van der Waals surface area contributed by atoms with E-state index in [0.717, 1.165) is 21.9 Å². The van der Waals surface area contributed by atoms with E-state index in [2.05, 4.69) is 12.3 Å². The molecule has 0 aliphatic rings. The summed E-state index contributed by atoms with van der Waals surface area (Å²) in [6.07, 6.45) is 0. The zero-order valence-electron chi connectivity index (χ0n) is 7.37. The lowest BCUT2D eigenvalue weighted by Gasteiger charge is -2.00. The zero-order valence-corrected chi connectivity index (χ0v) is 9.00. The Hall–Kier alpha value is -0.520. The van der Waals surface area contributed by atoms with Crippen LogP contribution >= 0.6 is 23.1 Å². The summed E-state index contributed by atoms with van der Waals surface area (Å²) >= 11 is 3.22. The number of carbonyl (C=O) groups is 1. The van der Waals surface area contributed by atoms with E-state index in [0.29, 0.717) is 0 Å². The van der Waals surface area contributed by atoms with Gasteiger partial charge in [-0.25, -0.2) is 5.84 Å². The minimum Gasteiger partial charge on any atom is -0.289 e. The largest absolute Gasteiger partial charge is 0.289 e. The third kappa shape index (κ3) is 2.72. The first-order valence-electron chi connectivity index (χ1n) is 3.94. The van der Waals surface area contributed by atoms with Crippen molar-refractivity contribution in [2.24, 2.45) is 5.84 Å². The number of hydrogen-bond donors (Lipinski definition) is 2. The van der Waals surface area contributed by atoms with E-state index >= 15 is 0 Å². The average Bonchev–Trinajstić information content (AvgIpc) is 2.61. The van der Waals surface area contributed by atoms with Crippen LogP contribution in [0.25, 0.3) is 0 Å². The van der Waals surface area contributed by atoms with Gasteiger partial charge in [-0.05, 0) is 22.8 Å². The number of thioether (sulfide) groups is 1. The van der Waals surface area contributed by atoms with Gasteiger partial charge in [0, 0.05) is 5.75 Å². The molecule has 0 spiro atoms. The predicted molar refractivity (Wildman–Crippen MR) is 57.8 cm³/mol. The van der Waals surface area contributed by atoms with Gasteiger partial charge in [-0.1, -0.05) is 6.92 Å². The van der Waals surface area contributed by atoms with Crippen LogP contribution < -0.4 is 11.3 Å². The third-order valence-electron chi connectivity index (χ3n) is 1.55. The van der Waals surface area contributed by atoms with Gasteiger partial charge in [0.1, 0.15) is 0 Å². The van der Waals surface area contributed by atoms with Crippen LogP contribution in [0.5, 0.6) is 0 Å². The molecule has 5 heteroatoms. The molecule has 0 bridgehead atoms. The Balaban J connectivity index is 2.71. The highest BCUT2D eigenvalue weighted by molar-refractivity contribution is 7.98. The normalized spacial score (nSPS) is 10.0. The Bertz CT molecular complexity index is 285. The summed E-state index contributed by atoms with van der Waals surface area (Å²) in [5, 5.41) is 1.91. The molecule has 0 saturated heterocycles. The van der Waals surface area contributed by atoms with Crippen molar-refractivity contribution in [2.45, 2.75) is 12.7 Å². The molecule has 1 amide bonds. The minimum absolute atomic E-state index is 0.193. The van der Waals surface area contributed by atoms with Crippen LogP contribution in [0.15, 0.2) is 11.4 Å². The first kappa shape index (κ1) is 10.6. The molecule has 0 aromatic carbocycles. The SMILES string of the molecule is CCSCc1ccsc1C(=O)NN. The van der Waals surface area contributed by atoms with Crippen LogP contribution in [-0.2, 0) is 5.75 Å². The van der Waals surface area contributed by atoms with Crippen molar-refractivity contribution < 1.29 is 4.79 Å². The van der Waals surface area contributed by atoms with E-state index in [9.17, 15) is 4.79 Å². The summed E-state index contributed by atoms with van der Waals surface area (Å²) in [7, 11) is 0. The Morgan fingerprint density at radius 2 is 2.54 bits per heavy atom. The number of nitrogens with one attached hydrogen (secondary N) is 1. The molecular formula is C8H12N2OS2. The van der Waals surface area contributed by atoms with Gasteiger partial charge in [-0.15, -0.1) is 11.3 Å². The highest BCUT2D eigenvalue weighted by Crippen LogP contribution is 2.21. The molecule has 3 nitrogen and oxygen atoms in total. The summed E-state index contributed by atoms with van der Waals surface area (Å²) in [6, 6.07) is 1.97. The fourth-order valence-electron chi connectivity index (χ4n) is 0.926. The Morgan fingerprint density at radius 1 is 1.77 bits per heavy atom. The van der Waals surface area contributed by atoms with E-state index < -0.39 is 0 Å². The molecule has 0 unspecified atom stereocenters. The summed E-state index contributed by atoms with van der Waals surface area (Å²) in [5.41, 5.74) is 3.22. The quantitative estimate of drug-likeness (QED) is 0.457. The number of hydrazine groups is 1. The molecule has 3 N–H and O–H groups in total. The van der Waals surface area contributed by atoms with Crippen molar-refractivity contribution >= 4 is 29.0 Å². The van der Waals surface area contributed by atoms with Crippen LogP contribution in [-0.4, -0.2) is 11.7 Å². The maximum absolute atomic E-state index is 11.2. The summed E-state index contributed by atoms with van der Waals surface area (Å²) < 4.78 is 0. The number of carbonyl (C=O) groups excluding carboxylic acids is 1. The van der Waals surface area contributed by atoms with Crippen LogP contribution in [0.4, 0.5) is 0 Å². The van der Waals surface area contributed by atoms with E-state index in [1.54, 1.807) is 11.8 Å². The highest BCUT2D eigenvalue weighted by Gasteiger charge is 2.10. The Morgan fingerprint density at radius 3 is 3.15 bits per heavy atom. The zero-order chi connectivity index (χ0) is 9.68. The third-order valence-corrected chi connectivity index (χ3v) is 3.42. The molecule has 72 valence electrons. The van der Waals surface area contributed by atoms with Gasteiger partial charge in [0.2, 0.25) is 0 Å². The first-order valence-corrected chi connectivity index (χ1v) is 5.98. The minimum atomic E-state index is -0.193. The van der Waals surface area contributed by atoms with Crippen molar-refractivity contribution in [1.82, 2.24) is 5.43 Å². The molecule has 0 aliphatic carbocycles. The topological polar surface area (TPSA) is 55.1 Å². The number of amides is 1. The van der Waals surface area contributed by atoms with E-state index in [1.165, 1.54) is 11.3 Å². The van der Waals surface area contributed by atoms with Crippen LogP contribution in [0.2, 0.25) is 0 Å². The van der Waals surface area contributed by atoms with Gasteiger partial charge < -0.3 is 0 Å². The lowest BCUT2D eigenvalue weighted by atomic mass is 10.3. The summed E-state index contributed by atoms with van der Waals surface area (Å²) in [4.78, 5) is 11.9.